The normalized spacial score (nSPS) is 20.0. The quantitative estimate of drug-likeness (QED) is 0.640. The molecule has 108 valence electrons. The number of rotatable bonds is 5. The van der Waals surface area contributed by atoms with Gasteiger partial charge < -0.3 is 5.32 Å². The number of aromatic amines is 1. The molecule has 0 unspecified atom stereocenters. The number of carbonyl (C=O) groups is 1. The van der Waals surface area contributed by atoms with Crippen LogP contribution in [0.3, 0.4) is 0 Å². The smallest absolute Gasteiger partial charge is 0.230 e. The zero-order chi connectivity index (χ0) is 14.8. The average Bonchev–Trinajstić information content (AvgIpc) is 3.12. The number of carbonyl (C=O) groups excluding carboxylic acids is 1. The third-order valence-electron chi connectivity index (χ3n) is 3.60. The van der Waals surface area contributed by atoms with Gasteiger partial charge in [-0.1, -0.05) is 24.3 Å². The Kier molecular flexibility index (Phi) is 3.39. The molecule has 1 fully saturated rings. The van der Waals surface area contributed by atoms with E-state index in [1.54, 1.807) is 6.20 Å². The van der Waals surface area contributed by atoms with Crippen LogP contribution in [0.1, 0.15) is 12.0 Å². The molecule has 2 N–H and O–H groups in total. The van der Waals surface area contributed by atoms with Crippen LogP contribution in [-0.2, 0) is 11.3 Å². The molecule has 1 heterocycles. The Hall–Kier alpha value is -2.70. The highest BCUT2D eigenvalue weighted by Gasteiger charge is 2.53. The molecule has 1 amide bonds. The van der Waals surface area contributed by atoms with Crippen molar-refractivity contribution in [2.45, 2.75) is 19.0 Å². The highest BCUT2D eigenvalue weighted by atomic mass is 16.6. The number of nitrogens with one attached hydrogen (secondary N) is 2. The molecule has 1 aliphatic carbocycles. The predicted octanol–water partition coefficient (Wildman–Crippen LogP) is 1.36. The molecule has 1 aromatic heterocycles. The van der Waals surface area contributed by atoms with Crippen molar-refractivity contribution in [3.63, 3.8) is 0 Å². The van der Waals surface area contributed by atoms with E-state index >= 15 is 0 Å². The van der Waals surface area contributed by atoms with E-state index in [1.165, 1.54) is 0 Å². The van der Waals surface area contributed by atoms with Crippen LogP contribution < -0.4 is 5.32 Å². The van der Waals surface area contributed by atoms with E-state index < -0.39 is 12.0 Å². The maximum atomic E-state index is 11.7. The third kappa shape index (κ3) is 2.91. The number of hydrogen-bond acceptors (Lipinski definition) is 4. The molecule has 0 bridgehead atoms. The first-order valence-corrected chi connectivity index (χ1v) is 6.65. The van der Waals surface area contributed by atoms with Gasteiger partial charge in [-0.15, -0.1) is 0 Å². The van der Waals surface area contributed by atoms with Crippen LogP contribution in [0.4, 0.5) is 0 Å². The first kappa shape index (κ1) is 13.3. The molecule has 7 nitrogen and oxygen atoms in total. The van der Waals surface area contributed by atoms with E-state index in [0.717, 1.165) is 16.8 Å². The van der Waals surface area contributed by atoms with Crippen LogP contribution >= 0.6 is 0 Å². The average molecular weight is 286 g/mol. The Morgan fingerprint density at radius 1 is 1.38 bits per heavy atom. The summed E-state index contributed by atoms with van der Waals surface area (Å²) in [4.78, 5) is 21.9. The van der Waals surface area contributed by atoms with Crippen molar-refractivity contribution in [2.75, 3.05) is 0 Å². The van der Waals surface area contributed by atoms with Crippen LogP contribution in [0, 0.1) is 16.0 Å². The van der Waals surface area contributed by atoms with Crippen molar-refractivity contribution < 1.29 is 9.72 Å². The van der Waals surface area contributed by atoms with E-state index in [1.807, 2.05) is 30.3 Å². The maximum absolute atomic E-state index is 11.7. The fraction of sp³-hybridized carbons (Fsp3) is 0.286. The Labute approximate surface area is 120 Å². The highest BCUT2D eigenvalue weighted by molar-refractivity contribution is 5.81. The summed E-state index contributed by atoms with van der Waals surface area (Å²) in [5, 5.41) is 20.0. The minimum atomic E-state index is -0.701. The molecule has 1 aliphatic rings. The van der Waals surface area contributed by atoms with Gasteiger partial charge in [-0.25, -0.2) is 0 Å². The van der Waals surface area contributed by atoms with Crippen LogP contribution in [0.25, 0.3) is 11.3 Å². The van der Waals surface area contributed by atoms with Gasteiger partial charge in [0.2, 0.25) is 11.9 Å². The Bertz CT molecular complexity index is 651. The summed E-state index contributed by atoms with van der Waals surface area (Å²) >= 11 is 0. The molecule has 0 radical (unpaired) electrons. The molecule has 1 aromatic carbocycles. The summed E-state index contributed by atoms with van der Waals surface area (Å²) in [6, 6.07) is 8.87. The number of amides is 1. The van der Waals surface area contributed by atoms with Crippen molar-refractivity contribution >= 4 is 5.91 Å². The fourth-order valence-corrected chi connectivity index (χ4v) is 2.24. The van der Waals surface area contributed by atoms with Gasteiger partial charge in [-0.2, -0.15) is 5.10 Å². The predicted molar refractivity (Wildman–Crippen MR) is 74.8 cm³/mol. The second kappa shape index (κ2) is 5.35. The van der Waals surface area contributed by atoms with Gasteiger partial charge in [0.25, 0.3) is 0 Å². The second-order valence-electron chi connectivity index (χ2n) is 5.08. The Balaban J connectivity index is 1.54. The molecule has 0 spiro atoms. The van der Waals surface area contributed by atoms with E-state index in [0.29, 0.717) is 13.0 Å². The third-order valence-corrected chi connectivity index (χ3v) is 3.60. The molecule has 3 rings (SSSR count). The summed E-state index contributed by atoms with van der Waals surface area (Å²) in [5.41, 5.74) is 2.89. The van der Waals surface area contributed by atoms with Crippen molar-refractivity contribution in [2.24, 2.45) is 5.92 Å². The van der Waals surface area contributed by atoms with Crippen LogP contribution in [-0.4, -0.2) is 27.1 Å². The molecule has 21 heavy (non-hydrogen) atoms. The standard InChI is InChI=1S/C14H14N4O3/c19-14(11-7-13(11)18(20)21)15-8-9-1-3-10(4-2-9)12-5-6-16-17-12/h1-6,11,13H,7-8H2,(H,15,19)(H,16,17)/t11-,13+/m0/s1. The minimum Gasteiger partial charge on any atom is -0.352 e. The van der Waals surface area contributed by atoms with Crippen molar-refractivity contribution in [1.82, 2.24) is 15.5 Å². The first-order valence-electron chi connectivity index (χ1n) is 6.65. The van der Waals surface area contributed by atoms with Gasteiger partial charge in [0.15, 0.2) is 0 Å². The van der Waals surface area contributed by atoms with Crippen LogP contribution in [0.5, 0.6) is 0 Å². The number of aromatic nitrogens is 2. The SMILES string of the molecule is O=C(NCc1ccc(-c2ccn[nH]2)cc1)[C@H]1C[C@H]1[N+](=O)[O-]. The molecule has 1 saturated carbocycles. The minimum absolute atomic E-state index is 0.241. The lowest BCUT2D eigenvalue weighted by Crippen LogP contribution is -2.26. The number of hydrogen-bond donors (Lipinski definition) is 2. The lowest BCUT2D eigenvalue weighted by Gasteiger charge is -2.05. The largest absolute Gasteiger partial charge is 0.352 e. The van der Waals surface area contributed by atoms with E-state index in [-0.39, 0.29) is 10.8 Å². The van der Waals surface area contributed by atoms with Crippen LogP contribution in [0.2, 0.25) is 0 Å². The van der Waals surface area contributed by atoms with Gasteiger partial charge >= 0.3 is 0 Å². The number of nitro groups is 1. The number of nitrogens with zero attached hydrogens (tertiary/aromatic N) is 2. The topological polar surface area (TPSA) is 101 Å². The Morgan fingerprint density at radius 2 is 2.14 bits per heavy atom. The van der Waals surface area contributed by atoms with Gasteiger partial charge in [0.05, 0.1) is 5.69 Å². The van der Waals surface area contributed by atoms with Crippen LogP contribution in [0.15, 0.2) is 36.5 Å². The maximum Gasteiger partial charge on any atom is 0.230 e. The van der Waals surface area contributed by atoms with Crippen molar-refractivity contribution in [1.29, 1.82) is 0 Å². The lowest BCUT2D eigenvalue weighted by atomic mass is 10.1. The lowest BCUT2D eigenvalue weighted by molar-refractivity contribution is -0.497. The summed E-state index contributed by atoms with van der Waals surface area (Å²) in [5.74, 6) is -0.710. The first-order chi connectivity index (χ1) is 10.1. The van der Waals surface area contributed by atoms with Gasteiger partial charge in [0, 0.05) is 24.1 Å². The monoisotopic (exact) mass is 286 g/mol. The van der Waals surface area contributed by atoms with E-state index in [9.17, 15) is 14.9 Å². The fourth-order valence-electron chi connectivity index (χ4n) is 2.24. The molecular weight excluding hydrogens is 272 g/mol. The Morgan fingerprint density at radius 3 is 2.71 bits per heavy atom. The second-order valence-corrected chi connectivity index (χ2v) is 5.08. The summed E-state index contributed by atoms with van der Waals surface area (Å²) in [7, 11) is 0. The van der Waals surface area contributed by atoms with Gasteiger partial charge in [0.1, 0.15) is 5.92 Å². The number of benzene rings is 1. The van der Waals surface area contributed by atoms with Gasteiger partial charge in [-0.3, -0.25) is 20.0 Å². The van der Waals surface area contributed by atoms with Crippen molar-refractivity contribution in [3.8, 4) is 11.3 Å². The molecule has 7 heteroatoms. The zero-order valence-corrected chi connectivity index (χ0v) is 11.2. The summed E-state index contributed by atoms with van der Waals surface area (Å²) in [6.45, 7) is 0.378. The molecule has 2 aromatic rings. The molecule has 2 atom stereocenters. The van der Waals surface area contributed by atoms with Gasteiger partial charge in [-0.05, 0) is 17.2 Å². The highest BCUT2D eigenvalue weighted by Crippen LogP contribution is 2.33. The van der Waals surface area contributed by atoms with E-state index in [4.69, 9.17) is 0 Å². The van der Waals surface area contributed by atoms with E-state index in [2.05, 4.69) is 15.5 Å². The molecule has 0 saturated heterocycles. The summed E-state index contributed by atoms with van der Waals surface area (Å²) < 4.78 is 0. The molecular formula is C14H14N4O3. The summed E-state index contributed by atoms with van der Waals surface area (Å²) in [6.07, 6.45) is 2.03. The number of H-pyrrole nitrogens is 1. The van der Waals surface area contributed by atoms with Crippen molar-refractivity contribution in [3.05, 3.63) is 52.2 Å². The molecule has 0 aliphatic heterocycles. The zero-order valence-electron chi connectivity index (χ0n) is 11.2.